The Bertz CT molecular complexity index is 525. The predicted molar refractivity (Wildman–Crippen MR) is 71.2 cm³/mol. The van der Waals surface area contributed by atoms with Crippen LogP contribution >= 0.6 is 0 Å². The first-order valence-corrected chi connectivity index (χ1v) is 6.09. The Morgan fingerprint density at radius 3 is 2.50 bits per heavy atom. The smallest absolute Gasteiger partial charge is 0.161 e. The highest BCUT2D eigenvalue weighted by Crippen LogP contribution is 2.30. The molecule has 1 N–H and O–H groups in total. The van der Waals surface area contributed by atoms with E-state index in [1.807, 2.05) is 30.3 Å². The minimum Gasteiger partial charge on any atom is -0.486 e. The van der Waals surface area contributed by atoms with Crippen molar-refractivity contribution in [3.63, 3.8) is 0 Å². The lowest BCUT2D eigenvalue weighted by molar-refractivity contribution is 0.171. The predicted octanol–water partition coefficient (Wildman–Crippen LogP) is 3.07. The Hall–Kier alpha value is -2.16. The van der Waals surface area contributed by atoms with Crippen LogP contribution in [0.5, 0.6) is 11.5 Å². The lowest BCUT2D eigenvalue weighted by Crippen LogP contribution is -2.15. The van der Waals surface area contributed by atoms with E-state index < -0.39 is 0 Å². The van der Waals surface area contributed by atoms with Crippen molar-refractivity contribution in [2.24, 2.45) is 0 Å². The molecule has 0 bridgehead atoms. The number of ether oxygens (including phenoxy) is 2. The normalized spacial score (nSPS) is 13.1. The maximum absolute atomic E-state index is 5.56. The van der Waals surface area contributed by atoms with Crippen LogP contribution in [0.3, 0.4) is 0 Å². The fraction of sp³-hybridized carbons (Fsp3) is 0.200. The van der Waals surface area contributed by atoms with E-state index >= 15 is 0 Å². The van der Waals surface area contributed by atoms with Crippen molar-refractivity contribution in [2.75, 3.05) is 18.5 Å². The number of rotatable bonds is 3. The third kappa shape index (κ3) is 2.40. The van der Waals surface area contributed by atoms with Gasteiger partial charge < -0.3 is 14.8 Å². The van der Waals surface area contributed by atoms with Gasteiger partial charge in [-0.25, -0.2) is 0 Å². The molecule has 0 atom stereocenters. The zero-order valence-electron chi connectivity index (χ0n) is 10.1. The summed E-state index contributed by atoms with van der Waals surface area (Å²) in [6.45, 7) is 2.04. The van der Waals surface area contributed by atoms with Gasteiger partial charge in [-0.3, -0.25) is 0 Å². The SMILES string of the molecule is c1ccc(NCc2ccc3c(c2)OCCO3)cc1. The Kier molecular flexibility index (Phi) is 3.05. The third-order valence-electron chi connectivity index (χ3n) is 2.88. The molecule has 0 saturated heterocycles. The van der Waals surface area contributed by atoms with E-state index in [1.165, 1.54) is 5.56 Å². The molecule has 0 unspecified atom stereocenters. The lowest BCUT2D eigenvalue weighted by Gasteiger charge is -2.19. The minimum atomic E-state index is 0.628. The van der Waals surface area contributed by atoms with E-state index in [9.17, 15) is 0 Å². The molecular weight excluding hydrogens is 226 g/mol. The van der Waals surface area contributed by atoms with Gasteiger partial charge in [0.2, 0.25) is 0 Å². The number of hydrogen-bond donors (Lipinski definition) is 1. The number of para-hydroxylation sites is 1. The first-order valence-electron chi connectivity index (χ1n) is 6.09. The maximum Gasteiger partial charge on any atom is 0.161 e. The average Bonchev–Trinajstić information content (AvgIpc) is 2.46. The van der Waals surface area contributed by atoms with Crippen LogP contribution in [-0.4, -0.2) is 13.2 Å². The molecule has 18 heavy (non-hydrogen) atoms. The highest BCUT2D eigenvalue weighted by molar-refractivity contribution is 5.47. The minimum absolute atomic E-state index is 0.628. The van der Waals surface area contributed by atoms with E-state index in [1.54, 1.807) is 0 Å². The van der Waals surface area contributed by atoms with Crippen molar-refractivity contribution >= 4 is 5.69 Å². The molecule has 1 aliphatic rings. The van der Waals surface area contributed by atoms with Crippen LogP contribution < -0.4 is 14.8 Å². The Balaban J connectivity index is 1.70. The van der Waals surface area contributed by atoms with Gasteiger partial charge in [0.1, 0.15) is 13.2 Å². The van der Waals surface area contributed by atoms with Gasteiger partial charge in [-0.1, -0.05) is 24.3 Å². The molecule has 0 radical (unpaired) electrons. The molecule has 0 saturated carbocycles. The Morgan fingerprint density at radius 2 is 1.67 bits per heavy atom. The van der Waals surface area contributed by atoms with Crippen LogP contribution in [0.2, 0.25) is 0 Å². The summed E-state index contributed by atoms with van der Waals surface area (Å²) in [5.41, 5.74) is 2.30. The van der Waals surface area contributed by atoms with Gasteiger partial charge in [0.05, 0.1) is 0 Å². The maximum atomic E-state index is 5.56. The molecule has 3 rings (SSSR count). The second-order valence-electron chi connectivity index (χ2n) is 4.20. The van der Waals surface area contributed by atoms with Gasteiger partial charge in [-0.15, -0.1) is 0 Å². The molecule has 0 amide bonds. The summed E-state index contributed by atoms with van der Waals surface area (Å²) in [7, 11) is 0. The molecule has 3 heteroatoms. The molecule has 2 aromatic rings. The summed E-state index contributed by atoms with van der Waals surface area (Å²) >= 11 is 0. The van der Waals surface area contributed by atoms with E-state index in [0.717, 1.165) is 23.7 Å². The number of hydrogen-bond acceptors (Lipinski definition) is 3. The molecule has 1 heterocycles. The van der Waals surface area contributed by atoms with Crippen LogP contribution in [0, 0.1) is 0 Å². The number of anilines is 1. The van der Waals surface area contributed by atoms with Crippen LogP contribution in [-0.2, 0) is 6.54 Å². The largest absolute Gasteiger partial charge is 0.486 e. The molecule has 92 valence electrons. The van der Waals surface area contributed by atoms with Gasteiger partial charge in [0.15, 0.2) is 11.5 Å². The van der Waals surface area contributed by atoms with E-state index in [0.29, 0.717) is 13.2 Å². The molecule has 1 aliphatic heterocycles. The molecule has 0 aromatic heterocycles. The Labute approximate surface area is 106 Å². The topological polar surface area (TPSA) is 30.5 Å². The van der Waals surface area contributed by atoms with Crippen molar-refractivity contribution in [2.45, 2.75) is 6.54 Å². The quantitative estimate of drug-likeness (QED) is 0.895. The van der Waals surface area contributed by atoms with Crippen LogP contribution in [0.4, 0.5) is 5.69 Å². The standard InChI is InChI=1S/C15H15NO2/c1-2-4-13(5-3-1)16-11-12-6-7-14-15(10-12)18-9-8-17-14/h1-7,10,16H,8-9,11H2. The summed E-state index contributed by atoms with van der Waals surface area (Å²) in [6.07, 6.45) is 0. The summed E-state index contributed by atoms with van der Waals surface area (Å²) in [4.78, 5) is 0. The second kappa shape index (κ2) is 5.00. The van der Waals surface area contributed by atoms with Crippen molar-refractivity contribution in [1.82, 2.24) is 0 Å². The fourth-order valence-corrected chi connectivity index (χ4v) is 1.96. The zero-order valence-corrected chi connectivity index (χ0v) is 10.1. The first kappa shape index (κ1) is 11.0. The fourth-order valence-electron chi connectivity index (χ4n) is 1.96. The van der Waals surface area contributed by atoms with Gasteiger partial charge in [0.25, 0.3) is 0 Å². The van der Waals surface area contributed by atoms with E-state index in [4.69, 9.17) is 9.47 Å². The lowest BCUT2D eigenvalue weighted by atomic mass is 10.2. The summed E-state index contributed by atoms with van der Waals surface area (Å²) < 4.78 is 11.1. The number of nitrogens with one attached hydrogen (secondary N) is 1. The van der Waals surface area contributed by atoms with Crippen LogP contribution in [0.25, 0.3) is 0 Å². The molecule has 0 spiro atoms. The number of fused-ring (bicyclic) bond motifs is 1. The van der Waals surface area contributed by atoms with Gasteiger partial charge in [-0.05, 0) is 29.8 Å². The monoisotopic (exact) mass is 241 g/mol. The van der Waals surface area contributed by atoms with E-state index in [2.05, 4.69) is 23.5 Å². The second-order valence-corrected chi connectivity index (χ2v) is 4.20. The Morgan fingerprint density at radius 1 is 0.889 bits per heavy atom. The molecule has 0 fully saturated rings. The summed E-state index contributed by atoms with van der Waals surface area (Å²) in [5.74, 6) is 1.68. The molecule has 2 aromatic carbocycles. The summed E-state index contributed by atoms with van der Waals surface area (Å²) in [5, 5.41) is 3.37. The van der Waals surface area contributed by atoms with Crippen LogP contribution in [0.15, 0.2) is 48.5 Å². The van der Waals surface area contributed by atoms with E-state index in [-0.39, 0.29) is 0 Å². The van der Waals surface area contributed by atoms with Crippen molar-refractivity contribution in [3.05, 3.63) is 54.1 Å². The van der Waals surface area contributed by atoms with Crippen molar-refractivity contribution in [3.8, 4) is 11.5 Å². The highest BCUT2D eigenvalue weighted by atomic mass is 16.6. The summed E-state index contributed by atoms with van der Waals surface area (Å²) in [6, 6.07) is 16.2. The zero-order chi connectivity index (χ0) is 12.2. The van der Waals surface area contributed by atoms with Crippen LogP contribution in [0.1, 0.15) is 5.56 Å². The first-order chi connectivity index (χ1) is 8.92. The van der Waals surface area contributed by atoms with Crippen molar-refractivity contribution < 1.29 is 9.47 Å². The third-order valence-corrected chi connectivity index (χ3v) is 2.88. The number of benzene rings is 2. The van der Waals surface area contributed by atoms with Gasteiger partial charge >= 0.3 is 0 Å². The molecular formula is C15H15NO2. The van der Waals surface area contributed by atoms with Crippen molar-refractivity contribution in [1.29, 1.82) is 0 Å². The average molecular weight is 241 g/mol. The molecule has 3 nitrogen and oxygen atoms in total. The molecule has 0 aliphatic carbocycles. The highest BCUT2D eigenvalue weighted by Gasteiger charge is 2.11. The van der Waals surface area contributed by atoms with Gasteiger partial charge in [-0.2, -0.15) is 0 Å². The van der Waals surface area contributed by atoms with Gasteiger partial charge in [0, 0.05) is 12.2 Å².